The summed E-state index contributed by atoms with van der Waals surface area (Å²) in [5.41, 5.74) is 0.0790. The van der Waals surface area contributed by atoms with E-state index >= 15 is 0 Å². The van der Waals surface area contributed by atoms with Crippen molar-refractivity contribution >= 4 is 6.09 Å². The predicted molar refractivity (Wildman–Crippen MR) is 73.4 cm³/mol. The summed E-state index contributed by atoms with van der Waals surface area (Å²) < 4.78 is 11.0. The minimum absolute atomic E-state index is 0.0449. The number of amides is 1. The van der Waals surface area contributed by atoms with Crippen LogP contribution < -0.4 is 4.74 Å². The Labute approximate surface area is 118 Å². The van der Waals surface area contributed by atoms with Gasteiger partial charge in [0.25, 0.3) is 0 Å². The lowest BCUT2D eigenvalue weighted by Crippen LogP contribution is -2.57. The van der Waals surface area contributed by atoms with Gasteiger partial charge < -0.3 is 14.4 Å². The molecular weight excluding hydrogens is 256 g/mol. The molecule has 106 valence electrons. The van der Waals surface area contributed by atoms with Crippen LogP contribution in [-0.4, -0.2) is 35.8 Å². The van der Waals surface area contributed by atoms with Crippen LogP contribution in [-0.2, 0) is 4.74 Å². The van der Waals surface area contributed by atoms with Crippen LogP contribution in [0.2, 0.25) is 0 Å². The Kier molecular flexibility index (Phi) is 3.84. The number of hydrogen-bond donors (Lipinski definition) is 0. The molecule has 5 heteroatoms. The minimum atomic E-state index is -0.482. The molecule has 2 rings (SSSR count). The van der Waals surface area contributed by atoms with Crippen molar-refractivity contribution in [1.82, 2.24) is 4.90 Å². The molecule has 5 nitrogen and oxygen atoms in total. The highest BCUT2D eigenvalue weighted by molar-refractivity contribution is 5.69. The van der Waals surface area contributed by atoms with Gasteiger partial charge in [0, 0.05) is 0 Å². The van der Waals surface area contributed by atoms with Gasteiger partial charge in [-0.05, 0) is 39.0 Å². The summed E-state index contributed by atoms with van der Waals surface area (Å²) in [7, 11) is 0. The quantitative estimate of drug-likeness (QED) is 0.831. The highest BCUT2D eigenvalue weighted by atomic mass is 16.6. The Morgan fingerprint density at radius 3 is 2.70 bits per heavy atom. The Bertz CT molecular complexity index is 537. The molecule has 1 fully saturated rings. The first-order chi connectivity index (χ1) is 9.37. The summed E-state index contributed by atoms with van der Waals surface area (Å²) in [6.45, 7) is 6.53. The Morgan fingerprint density at radius 1 is 1.40 bits per heavy atom. The predicted octanol–water partition coefficient (Wildman–Crippen LogP) is 2.56. The van der Waals surface area contributed by atoms with E-state index in [1.807, 2.05) is 20.8 Å². The normalized spacial score (nSPS) is 15.2. The zero-order valence-electron chi connectivity index (χ0n) is 11.9. The van der Waals surface area contributed by atoms with Crippen molar-refractivity contribution in [2.75, 3.05) is 13.1 Å². The summed E-state index contributed by atoms with van der Waals surface area (Å²) >= 11 is 0. The fourth-order valence-corrected chi connectivity index (χ4v) is 1.82. The lowest BCUT2D eigenvalue weighted by atomic mass is 10.1. The topological polar surface area (TPSA) is 62.6 Å². The first kappa shape index (κ1) is 14.2. The maximum absolute atomic E-state index is 11.7. The highest BCUT2D eigenvalue weighted by Gasteiger charge is 2.35. The number of nitriles is 1. The largest absolute Gasteiger partial charge is 0.487 e. The second-order valence-corrected chi connectivity index (χ2v) is 5.76. The maximum atomic E-state index is 11.7. The summed E-state index contributed by atoms with van der Waals surface area (Å²) in [5.74, 6) is 0.651. The van der Waals surface area contributed by atoms with Crippen molar-refractivity contribution in [3.05, 3.63) is 29.8 Å². The van der Waals surface area contributed by atoms with Crippen LogP contribution in [0.5, 0.6) is 5.75 Å². The lowest BCUT2D eigenvalue weighted by molar-refractivity contribution is -0.0221. The van der Waals surface area contributed by atoms with Crippen LogP contribution in [0, 0.1) is 11.3 Å². The first-order valence-electron chi connectivity index (χ1n) is 6.52. The molecule has 0 atom stereocenters. The van der Waals surface area contributed by atoms with Gasteiger partial charge in [0.15, 0.2) is 0 Å². The number of carbonyl (C=O) groups is 1. The van der Waals surface area contributed by atoms with E-state index < -0.39 is 5.60 Å². The molecule has 1 aromatic rings. The Balaban J connectivity index is 1.82. The lowest BCUT2D eigenvalue weighted by Gasteiger charge is -2.39. The summed E-state index contributed by atoms with van der Waals surface area (Å²) in [4.78, 5) is 13.3. The number of nitrogens with zero attached hydrogens (tertiary/aromatic N) is 2. The van der Waals surface area contributed by atoms with Crippen molar-refractivity contribution < 1.29 is 14.3 Å². The van der Waals surface area contributed by atoms with Gasteiger partial charge in [0.2, 0.25) is 0 Å². The molecule has 0 aromatic heterocycles. The van der Waals surface area contributed by atoms with E-state index in [-0.39, 0.29) is 12.2 Å². The van der Waals surface area contributed by atoms with Crippen molar-refractivity contribution in [2.24, 2.45) is 0 Å². The van der Waals surface area contributed by atoms with E-state index in [9.17, 15) is 4.79 Å². The molecule has 1 amide bonds. The second-order valence-electron chi connectivity index (χ2n) is 5.76. The molecule has 0 radical (unpaired) electrons. The average molecular weight is 274 g/mol. The van der Waals surface area contributed by atoms with Crippen molar-refractivity contribution in [3.63, 3.8) is 0 Å². The molecule has 0 unspecified atom stereocenters. The number of rotatable bonds is 2. The van der Waals surface area contributed by atoms with Crippen molar-refractivity contribution in [3.8, 4) is 11.8 Å². The Morgan fingerprint density at radius 2 is 2.10 bits per heavy atom. The summed E-state index contributed by atoms with van der Waals surface area (Å²) in [5, 5.41) is 8.82. The van der Waals surface area contributed by atoms with Crippen LogP contribution in [0.4, 0.5) is 4.79 Å². The molecule has 1 heterocycles. The molecule has 0 N–H and O–H groups in total. The van der Waals surface area contributed by atoms with Gasteiger partial charge in [0.1, 0.15) is 17.5 Å². The van der Waals surface area contributed by atoms with E-state index in [0.717, 1.165) is 0 Å². The van der Waals surface area contributed by atoms with Crippen LogP contribution in [0.25, 0.3) is 0 Å². The molecule has 20 heavy (non-hydrogen) atoms. The summed E-state index contributed by atoms with van der Waals surface area (Å²) in [6.07, 6.45) is -0.361. The smallest absolute Gasteiger partial charge is 0.410 e. The minimum Gasteiger partial charge on any atom is -0.487 e. The molecule has 1 aliphatic heterocycles. The molecule has 0 saturated carbocycles. The zero-order valence-corrected chi connectivity index (χ0v) is 11.9. The van der Waals surface area contributed by atoms with Gasteiger partial charge in [-0.25, -0.2) is 4.79 Å². The van der Waals surface area contributed by atoms with Crippen molar-refractivity contribution in [1.29, 1.82) is 5.26 Å². The molecule has 1 saturated heterocycles. The van der Waals surface area contributed by atoms with Crippen LogP contribution in [0.15, 0.2) is 24.3 Å². The van der Waals surface area contributed by atoms with Crippen LogP contribution in [0.1, 0.15) is 26.3 Å². The Hall–Kier alpha value is -2.22. The number of ether oxygens (including phenoxy) is 2. The number of likely N-dealkylation sites (tertiary alicyclic amines) is 1. The fourth-order valence-electron chi connectivity index (χ4n) is 1.82. The number of benzene rings is 1. The molecule has 0 spiro atoms. The van der Waals surface area contributed by atoms with E-state index in [2.05, 4.69) is 6.07 Å². The van der Waals surface area contributed by atoms with Gasteiger partial charge in [-0.15, -0.1) is 0 Å². The third-order valence-electron chi connectivity index (χ3n) is 2.77. The van der Waals surface area contributed by atoms with Gasteiger partial charge in [0.05, 0.1) is 24.7 Å². The molecule has 0 aliphatic carbocycles. The summed E-state index contributed by atoms with van der Waals surface area (Å²) in [6, 6.07) is 9.06. The zero-order chi connectivity index (χ0) is 14.8. The fraction of sp³-hybridized carbons (Fsp3) is 0.467. The average Bonchev–Trinajstić information content (AvgIpc) is 2.31. The van der Waals surface area contributed by atoms with Crippen LogP contribution >= 0.6 is 0 Å². The van der Waals surface area contributed by atoms with Gasteiger partial charge in [-0.3, -0.25) is 0 Å². The van der Waals surface area contributed by atoms with Gasteiger partial charge >= 0.3 is 6.09 Å². The van der Waals surface area contributed by atoms with E-state index in [1.165, 1.54) is 0 Å². The standard InChI is InChI=1S/C15H18N2O3/c1-15(2,3)20-14(18)17-9-13(10-17)19-12-6-4-5-11(7-12)8-16/h4-7,13H,9-10H2,1-3H3. The first-order valence-corrected chi connectivity index (χ1v) is 6.52. The molecule has 1 aliphatic rings. The number of hydrogen-bond acceptors (Lipinski definition) is 4. The van der Waals surface area contributed by atoms with E-state index in [4.69, 9.17) is 14.7 Å². The second kappa shape index (κ2) is 5.41. The third-order valence-corrected chi connectivity index (χ3v) is 2.77. The van der Waals surface area contributed by atoms with E-state index in [0.29, 0.717) is 24.4 Å². The van der Waals surface area contributed by atoms with Crippen LogP contribution in [0.3, 0.4) is 0 Å². The number of carbonyl (C=O) groups excluding carboxylic acids is 1. The third kappa shape index (κ3) is 3.64. The van der Waals surface area contributed by atoms with Crippen molar-refractivity contribution in [2.45, 2.75) is 32.5 Å². The van der Waals surface area contributed by atoms with Gasteiger partial charge in [-0.1, -0.05) is 6.07 Å². The molecule has 1 aromatic carbocycles. The monoisotopic (exact) mass is 274 g/mol. The maximum Gasteiger partial charge on any atom is 0.410 e. The van der Waals surface area contributed by atoms with E-state index in [1.54, 1.807) is 29.2 Å². The molecule has 0 bridgehead atoms. The van der Waals surface area contributed by atoms with Gasteiger partial charge in [-0.2, -0.15) is 5.26 Å². The SMILES string of the molecule is CC(C)(C)OC(=O)N1CC(Oc2cccc(C#N)c2)C1. The highest BCUT2D eigenvalue weighted by Crippen LogP contribution is 2.21. The molecular formula is C15H18N2O3.